The van der Waals surface area contributed by atoms with Gasteiger partial charge in [-0.3, -0.25) is 9.52 Å². The zero-order valence-electron chi connectivity index (χ0n) is 18.4. The van der Waals surface area contributed by atoms with E-state index < -0.39 is 33.1 Å². The molecule has 0 atom stereocenters. The molecule has 3 aromatic carbocycles. The molecule has 0 fully saturated rings. The highest BCUT2D eigenvalue weighted by molar-refractivity contribution is 7.92. The van der Waals surface area contributed by atoms with Crippen LogP contribution in [0.3, 0.4) is 0 Å². The Morgan fingerprint density at radius 2 is 1.61 bits per heavy atom. The number of hydrogen-bond acceptors (Lipinski definition) is 4. The van der Waals surface area contributed by atoms with E-state index in [1.165, 1.54) is 24.3 Å². The SMILES string of the molecule is CC(C)(C)c1cccc(S(=O)(=O)Nc2cc(NC(=O)c3c(F)cccc3F)ccc2CN)c1. The van der Waals surface area contributed by atoms with Gasteiger partial charge in [-0.05, 0) is 52.9 Å². The molecule has 4 N–H and O–H groups in total. The maximum Gasteiger partial charge on any atom is 0.261 e. The molecule has 1 amide bonds. The van der Waals surface area contributed by atoms with Crippen molar-refractivity contribution in [2.45, 2.75) is 37.6 Å². The van der Waals surface area contributed by atoms with Gasteiger partial charge in [0.2, 0.25) is 0 Å². The lowest BCUT2D eigenvalue weighted by Gasteiger charge is -2.20. The summed E-state index contributed by atoms with van der Waals surface area (Å²) in [5, 5.41) is 2.39. The molecule has 0 unspecified atom stereocenters. The summed E-state index contributed by atoms with van der Waals surface area (Å²) >= 11 is 0. The van der Waals surface area contributed by atoms with E-state index in [0.717, 1.165) is 23.8 Å². The number of carbonyl (C=O) groups is 1. The Labute approximate surface area is 191 Å². The topological polar surface area (TPSA) is 101 Å². The van der Waals surface area contributed by atoms with Gasteiger partial charge in [-0.1, -0.05) is 45.0 Å². The van der Waals surface area contributed by atoms with Gasteiger partial charge in [0, 0.05) is 12.2 Å². The van der Waals surface area contributed by atoms with Crippen LogP contribution in [0.5, 0.6) is 0 Å². The van der Waals surface area contributed by atoms with E-state index in [2.05, 4.69) is 10.0 Å². The lowest BCUT2D eigenvalue weighted by Crippen LogP contribution is -2.18. The highest BCUT2D eigenvalue weighted by Crippen LogP contribution is 2.28. The molecule has 0 spiro atoms. The Kier molecular flexibility index (Phi) is 6.85. The summed E-state index contributed by atoms with van der Waals surface area (Å²) in [5.41, 5.74) is 6.37. The molecule has 3 aromatic rings. The van der Waals surface area contributed by atoms with Crippen molar-refractivity contribution in [2.24, 2.45) is 5.73 Å². The highest BCUT2D eigenvalue weighted by atomic mass is 32.2. The summed E-state index contributed by atoms with van der Waals surface area (Å²) < 4.78 is 56.4. The lowest BCUT2D eigenvalue weighted by molar-refractivity contribution is 0.101. The third kappa shape index (κ3) is 5.55. The number of halogens is 2. The van der Waals surface area contributed by atoms with Gasteiger partial charge >= 0.3 is 0 Å². The van der Waals surface area contributed by atoms with Crippen LogP contribution in [0.4, 0.5) is 20.2 Å². The van der Waals surface area contributed by atoms with E-state index in [0.29, 0.717) is 5.56 Å². The van der Waals surface area contributed by atoms with Gasteiger partial charge in [0.1, 0.15) is 17.2 Å². The summed E-state index contributed by atoms with van der Waals surface area (Å²) in [4.78, 5) is 12.5. The van der Waals surface area contributed by atoms with Gasteiger partial charge in [0.25, 0.3) is 15.9 Å². The minimum Gasteiger partial charge on any atom is -0.326 e. The number of anilines is 2. The Balaban J connectivity index is 1.92. The third-order valence-electron chi connectivity index (χ3n) is 5.03. The molecule has 6 nitrogen and oxygen atoms in total. The van der Waals surface area contributed by atoms with Crippen molar-refractivity contribution in [3.8, 4) is 0 Å². The molecule has 0 aliphatic carbocycles. The predicted molar refractivity (Wildman–Crippen MR) is 125 cm³/mol. The number of nitrogens with one attached hydrogen (secondary N) is 2. The van der Waals surface area contributed by atoms with Gasteiger partial charge in [-0.2, -0.15) is 0 Å². The Bertz CT molecular complexity index is 1280. The average Bonchev–Trinajstić information content (AvgIpc) is 2.73. The average molecular weight is 474 g/mol. The normalized spacial score (nSPS) is 11.8. The van der Waals surface area contributed by atoms with Crippen molar-refractivity contribution in [2.75, 3.05) is 10.0 Å². The van der Waals surface area contributed by atoms with Crippen LogP contribution in [0.2, 0.25) is 0 Å². The first-order valence-corrected chi connectivity index (χ1v) is 11.6. The Morgan fingerprint density at radius 1 is 0.970 bits per heavy atom. The van der Waals surface area contributed by atoms with Crippen LogP contribution >= 0.6 is 0 Å². The molecule has 0 saturated heterocycles. The maximum absolute atomic E-state index is 13.9. The number of sulfonamides is 1. The van der Waals surface area contributed by atoms with Gasteiger partial charge < -0.3 is 11.1 Å². The predicted octanol–water partition coefficient (Wildman–Crippen LogP) is 4.77. The van der Waals surface area contributed by atoms with Crippen LogP contribution in [-0.4, -0.2) is 14.3 Å². The van der Waals surface area contributed by atoms with Gasteiger partial charge in [-0.15, -0.1) is 0 Å². The molecule has 33 heavy (non-hydrogen) atoms. The largest absolute Gasteiger partial charge is 0.326 e. The number of carbonyl (C=O) groups excluding carboxylic acids is 1. The summed E-state index contributed by atoms with van der Waals surface area (Å²) in [6, 6.07) is 14.0. The summed E-state index contributed by atoms with van der Waals surface area (Å²) in [6.45, 7) is 5.95. The second kappa shape index (κ2) is 9.29. The second-order valence-electron chi connectivity index (χ2n) is 8.51. The van der Waals surface area contributed by atoms with Crippen molar-refractivity contribution in [1.29, 1.82) is 0 Å². The van der Waals surface area contributed by atoms with E-state index in [1.807, 2.05) is 26.8 Å². The fourth-order valence-corrected chi connectivity index (χ4v) is 4.31. The molecule has 3 rings (SSSR count). The van der Waals surface area contributed by atoms with Crippen molar-refractivity contribution in [1.82, 2.24) is 0 Å². The fourth-order valence-electron chi connectivity index (χ4n) is 3.17. The van der Waals surface area contributed by atoms with E-state index in [1.54, 1.807) is 12.1 Å². The molecule has 174 valence electrons. The first kappa shape index (κ1) is 24.3. The molecular formula is C24H25F2N3O3S. The number of rotatable bonds is 6. The minimum atomic E-state index is -3.98. The Hall–Kier alpha value is -3.30. The minimum absolute atomic E-state index is 0.0239. The van der Waals surface area contributed by atoms with Crippen molar-refractivity contribution >= 4 is 27.3 Å². The van der Waals surface area contributed by atoms with Crippen LogP contribution < -0.4 is 15.8 Å². The smallest absolute Gasteiger partial charge is 0.261 e. The monoisotopic (exact) mass is 473 g/mol. The van der Waals surface area contributed by atoms with E-state index >= 15 is 0 Å². The third-order valence-corrected chi connectivity index (χ3v) is 6.40. The van der Waals surface area contributed by atoms with Crippen molar-refractivity contribution < 1.29 is 22.0 Å². The standard InChI is InChI=1S/C24H25F2N3O3S/c1-24(2,3)16-6-4-7-18(12-16)33(31,32)29-21-13-17(11-10-15(21)14-27)28-23(30)22-19(25)8-5-9-20(22)26/h4-13,29H,14,27H2,1-3H3,(H,28,30). The quantitative estimate of drug-likeness (QED) is 0.480. The van der Waals surface area contributed by atoms with E-state index in [4.69, 9.17) is 5.73 Å². The van der Waals surface area contributed by atoms with Crippen molar-refractivity contribution in [3.63, 3.8) is 0 Å². The molecule has 0 aromatic heterocycles. The maximum atomic E-state index is 13.9. The van der Waals surface area contributed by atoms with Crippen LogP contribution in [0, 0.1) is 11.6 Å². The molecule has 0 bridgehead atoms. The Morgan fingerprint density at radius 3 is 2.21 bits per heavy atom. The van der Waals surface area contributed by atoms with Crippen LogP contribution in [0.25, 0.3) is 0 Å². The molecular weight excluding hydrogens is 448 g/mol. The summed E-state index contributed by atoms with van der Waals surface area (Å²) in [5.74, 6) is -3.02. The first-order valence-electron chi connectivity index (χ1n) is 10.1. The van der Waals surface area contributed by atoms with Crippen molar-refractivity contribution in [3.05, 3.63) is 89.0 Å². The van der Waals surface area contributed by atoms with Crippen LogP contribution in [0.1, 0.15) is 42.3 Å². The number of hydrogen-bond donors (Lipinski definition) is 3. The number of nitrogens with two attached hydrogens (primary N) is 1. The molecule has 0 heterocycles. The van der Waals surface area contributed by atoms with E-state index in [9.17, 15) is 22.0 Å². The number of amides is 1. The second-order valence-corrected chi connectivity index (χ2v) is 10.2. The highest BCUT2D eigenvalue weighted by Gasteiger charge is 2.21. The molecule has 0 aliphatic rings. The van der Waals surface area contributed by atoms with Gasteiger partial charge in [0.05, 0.1) is 10.6 Å². The zero-order valence-corrected chi connectivity index (χ0v) is 19.3. The first-order chi connectivity index (χ1) is 15.4. The van der Waals surface area contributed by atoms with Crippen LogP contribution in [-0.2, 0) is 22.0 Å². The summed E-state index contributed by atoms with van der Waals surface area (Å²) in [7, 11) is -3.98. The lowest BCUT2D eigenvalue weighted by atomic mass is 9.87. The molecule has 0 aliphatic heterocycles. The zero-order chi connectivity index (χ0) is 24.4. The van der Waals surface area contributed by atoms with E-state index in [-0.39, 0.29) is 28.2 Å². The molecule has 9 heteroatoms. The fraction of sp³-hybridized carbons (Fsp3) is 0.208. The van der Waals surface area contributed by atoms with Gasteiger partial charge in [0.15, 0.2) is 0 Å². The molecule has 0 saturated carbocycles. The van der Waals surface area contributed by atoms with Crippen LogP contribution in [0.15, 0.2) is 65.6 Å². The summed E-state index contributed by atoms with van der Waals surface area (Å²) in [6.07, 6.45) is 0. The number of benzene rings is 3. The van der Waals surface area contributed by atoms with Gasteiger partial charge in [-0.25, -0.2) is 17.2 Å². The molecule has 0 radical (unpaired) electrons.